The van der Waals surface area contributed by atoms with E-state index < -0.39 is 17.8 Å². The highest BCUT2D eigenvalue weighted by atomic mass is 19.2. The standard InChI is InChI=1S/C12H13F3/c1-6-3-4-8-7(2)12(15)10(13)5-9(8)11(6)14/h5-6,11H,3-4H2,1-2H3. The summed E-state index contributed by atoms with van der Waals surface area (Å²) >= 11 is 0. The highest BCUT2D eigenvalue weighted by Crippen LogP contribution is 2.39. The molecule has 15 heavy (non-hydrogen) atoms. The van der Waals surface area contributed by atoms with Crippen LogP contribution in [0.1, 0.15) is 36.2 Å². The molecule has 2 rings (SSSR count). The van der Waals surface area contributed by atoms with Crippen molar-refractivity contribution in [1.29, 1.82) is 0 Å². The van der Waals surface area contributed by atoms with Crippen molar-refractivity contribution in [1.82, 2.24) is 0 Å². The molecule has 0 heterocycles. The van der Waals surface area contributed by atoms with E-state index in [0.717, 1.165) is 6.07 Å². The van der Waals surface area contributed by atoms with Gasteiger partial charge in [0.1, 0.15) is 6.17 Å². The summed E-state index contributed by atoms with van der Waals surface area (Å²) in [6.07, 6.45) is 0.169. The average Bonchev–Trinajstić information content (AvgIpc) is 2.21. The van der Waals surface area contributed by atoms with Gasteiger partial charge in [0.15, 0.2) is 11.6 Å². The monoisotopic (exact) mass is 214 g/mol. The first kappa shape index (κ1) is 10.5. The van der Waals surface area contributed by atoms with Crippen molar-refractivity contribution in [2.24, 2.45) is 5.92 Å². The normalized spacial score (nSPS) is 25.1. The number of benzene rings is 1. The Morgan fingerprint density at radius 3 is 2.67 bits per heavy atom. The lowest BCUT2D eigenvalue weighted by Crippen LogP contribution is -2.17. The minimum Gasteiger partial charge on any atom is -0.242 e. The maximum atomic E-state index is 13.8. The summed E-state index contributed by atoms with van der Waals surface area (Å²) in [7, 11) is 0. The zero-order valence-electron chi connectivity index (χ0n) is 8.78. The molecule has 1 aromatic carbocycles. The van der Waals surface area contributed by atoms with Gasteiger partial charge >= 0.3 is 0 Å². The molecule has 0 aromatic heterocycles. The average molecular weight is 214 g/mol. The van der Waals surface area contributed by atoms with Crippen molar-refractivity contribution in [3.63, 3.8) is 0 Å². The van der Waals surface area contributed by atoms with Gasteiger partial charge in [0.05, 0.1) is 0 Å². The van der Waals surface area contributed by atoms with Gasteiger partial charge in [-0.3, -0.25) is 0 Å². The molecule has 1 aromatic rings. The lowest BCUT2D eigenvalue weighted by Gasteiger charge is -2.27. The van der Waals surface area contributed by atoms with Crippen molar-refractivity contribution < 1.29 is 13.2 Å². The summed E-state index contributed by atoms with van der Waals surface area (Å²) in [5.41, 5.74) is 1.25. The molecule has 2 unspecified atom stereocenters. The van der Waals surface area contributed by atoms with Gasteiger partial charge in [0, 0.05) is 0 Å². The van der Waals surface area contributed by atoms with Crippen LogP contribution in [0.3, 0.4) is 0 Å². The van der Waals surface area contributed by atoms with Crippen LogP contribution in [0.25, 0.3) is 0 Å². The first-order valence-corrected chi connectivity index (χ1v) is 5.13. The lowest BCUT2D eigenvalue weighted by molar-refractivity contribution is 0.220. The molecule has 0 fully saturated rings. The van der Waals surface area contributed by atoms with Gasteiger partial charge in [-0.25, -0.2) is 13.2 Å². The van der Waals surface area contributed by atoms with Crippen LogP contribution in [-0.4, -0.2) is 0 Å². The van der Waals surface area contributed by atoms with E-state index in [1.54, 1.807) is 6.92 Å². The van der Waals surface area contributed by atoms with E-state index in [1.807, 2.05) is 0 Å². The van der Waals surface area contributed by atoms with Crippen LogP contribution in [0.15, 0.2) is 6.07 Å². The highest BCUT2D eigenvalue weighted by molar-refractivity contribution is 5.39. The third-order valence-electron chi connectivity index (χ3n) is 3.27. The van der Waals surface area contributed by atoms with Crippen LogP contribution in [-0.2, 0) is 6.42 Å². The smallest absolute Gasteiger partial charge is 0.162 e. The third-order valence-corrected chi connectivity index (χ3v) is 3.27. The van der Waals surface area contributed by atoms with Gasteiger partial charge in [0.25, 0.3) is 0 Å². The highest BCUT2D eigenvalue weighted by Gasteiger charge is 2.29. The molecule has 0 amide bonds. The molecule has 0 N–H and O–H groups in total. The molecule has 0 nitrogen and oxygen atoms in total. The van der Waals surface area contributed by atoms with Crippen LogP contribution in [0.5, 0.6) is 0 Å². The zero-order valence-corrected chi connectivity index (χ0v) is 8.78. The van der Waals surface area contributed by atoms with Gasteiger partial charge < -0.3 is 0 Å². The maximum Gasteiger partial charge on any atom is 0.162 e. The second kappa shape index (κ2) is 3.54. The quantitative estimate of drug-likeness (QED) is 0.615. The van der Waals surface area contributed by atoms with E-state index in [1.165, 1.54) is 6.92 Å². The number of hydrogen-bond donors (Lipinski definition) is 0. The molecule has 0 saturated heterocycles. The third kappa shape index (κ3) is 1.54. The van der Waals surface area contributed by atoms with Gasteiger partial charge in [-0.1, -0.05) is 6.92 Å². The molecule has 0 spiro atoms. The van der Waals surface area contributed by atoms with Crippen LogP contribution in [0.4, 0.5) is 13.2 Å². The molecule has 3 heteroatoms. The number of rotatable bonds is 0. The van der Waals surface area contributed by atoms with Crippen LogP contribution < -0.4 is 0 Å². The minimum absolute atomic E-state index is 0.109. The van der Waals surface area contributed by atoms with Crippen LogP contribution in [0, 0.1) is 24.5 Å². The lowest BCUT2D eigenvalue weighted by atomic mass is 9.81. The summed E-state index contributed by atoms with van der Waals surface area (Å²) in [4.78, 5) is 0. The molecule has 0 saturated carbocycles. The Kier molecular flexibility index (Phi) is 2.49. The SMILES string of the molecule is Cc1c(F)c(F)cc2c1CCC(C)C2F. The Balaban J connectivity index is 2.61. The van der Waals surface area contributed by atoms with Gasteiger partial charge in [-0.2, -0.15) is 0 Å². The van der Waals surface area contributed by atoms with E-state index in [9.17, 15) is 13.2 Å². The van der Waals surface area contributed by atoms with Crippen LogP contribution in [0.2, 0.25) is 0 Å². The summed E-state index contributed by atoms with van der Waals surface area (Å²) in [6.45, 7) is 3.31. The van der Waals surface area contributed by atoms with E-state index in [2.05, 4.69) is 0 Å². The first-order chi connectivity index (χ1) is 7.02. The predicted molar refractivity (Wildman–Crippen MR) is 52.4 cm³/mol. The molecular weight excluding hydrogens is 201 g/mol. The van der Waals surface area contributed by atoms with Gasteiger partial charge in [-0.05, 0) is 48.4 Å². The second-order valence-electron chi connectivity index (χ2n) is 4.28. The Hall–Kier alpha value is -0.990. The molecular formula is C12H13F3. The summed E-state index contributed by atoms with van der Waals surface area (Å²) in [6, 6.07) is 1.01. The maximum absolute atomic E-state index is 13.8. The molecule has 0 aliphatic heterocycles. The number of halogens is 3. The van der Waals surface area contributed by atoms with Gasteiger partial charge in [-0.15, -0.1) is 0 Å². The van der Waals surface area contributed by atoms with E-state index in [-0.39, 0.29) is 11.5 Å². The summed E-state index contributed by atoms with van der Waals surface area (Å²) < 4.78 is 40.1. The fourth-order valence-corrected chi connectivity index (χ4v) is 2.22. The van der Waals surface area contributed by atoms with E-state index in [0.29, 0.717) is 24.0 Å². The van der Waals surface area contributed by atoms with Crippen molar-refractivity contribution >= 4 is 0 Å². The Bertz CT molecular complexity index is 398. The molecule has 0 radical (unpaired) electrons. The van der Waals surface area contributed by atoms with Crippen molar-refractivity contribution in [2.75, 3.05) is 0 Å². The second-order valence-corrected chi connectivity index (χ2v) is 4.28. The Morgan fingerprint density at radius 2 is 2.00 bits per heavy atom. The van der Waals surface area contributed by atoms with Crippen molar-refractivity contribution in [3.05, 3.63) is 34.4 Å². The van der Waals surface area contributed by atoms with Crippen LogP contribution >= 0.6 is 0 Å². The van der Waals surface area contributed by atoms with E-state index in [4.69, 9.17) is 0 Å². The molecule has 2 atom stereocenters. The minimum atomic E-state index is -1.16. The fraction of sp³-hybridized carbons (Fsp3) is 0.500. The van der Waals surface area contributed by atoms with Crippen molar-refractivity contribution in [2.45, 2.75) is 32.9 Å². The summed E-state index contributed by atoms with van der Waals surface area (Å²) in [5.74, 6) is -1.89. The molecule has 1 aliphatic carbocycles. The largest absolute Gasteiger partial charge is 0.242 e. The van der Waals surface area contributed by atoms with Gasteiger partial charge in [0.2, 0.25) is 0 Å². The Labute approximate surface area is 87.1 Å². The predicted octanol–water partition coefficient (Wildman–Crippen LogP) is 3.87. The first-order valence-electron chi connectivity index (χ1n) is 5.13. The molecule has 1 aliphatic rings. The fourth-order valence-electron chi connectivity index (χ4n) is 2.22. The molecule has 82 valence electrons. The topological polar surface area (TPSA) is 0 Å². The molecule has 0 bridgehead atoms. The zero-order chi connectivity index (χ0) is 11.2. The summed E-state index contributed by atoms with van der Waals surface area (Å²) in [5, 5.41) is 0. The Morgan fingerprint density at radius 1 is 1.33 bits per heavy atom. The van der Waals surface area contributed by atoms with E-state index >= 15 is 0 Å². The number of fused-ring (bicyclic) bond motifs is 1. The number of alkyl halides is 1. The number of hydrogen-bond acceptors (Lipinski definition) is 0. The van der Waals surface area contributed by atoms with Crippen molar-refractivity contribution in [3.8, 4) is 0 Å².